The molecule has 0 aliphatic heterocycles. The van der Waals surface area contributed by atoms with Gasteiger partial charge in [0.15, 0.2) is 5.82 Å². The number of fused-ring (bicyclic) bond motifs is 1. The molecule has 200 valence electrons. The zero-order chi connectivity index (χ0) is 27.2. The first-order valence-corrected chi connectivity index (χ1v) is 13.1. The van der Waals surface area contributed by atoms with Crippen LogP contribution < -0.4 is 10.3 Å². The van der Waals surface area contributed by atoms with E-state index in [-0.39, 0.29) is 17.4 Å². The highest BCUT2D eigenvalue weighted by atomic mass is 19.1. The number of tetrazole rings is 1. The van der Waals surface area contributed by atoms with E-state index in [4.69, 9.17) is 4.74 Å². The van der Waals surface area contributed by atoms with Crippen molar-refractivity contribution in [1.82, 2.24) is 30.1 Å². The van der Waals surface area contributed by atoms with Gasteiger partial charge >= 0.3 is 0 Å². The third-order valence-corrected chi connectivity index (χ3v) is 6.74. The number of halogens is 1. The predicted molar refractivity (Wildman–Crippen MR) is 148 cm³/mol. The quantitative estimate of drug-likeness (QED) is 0.253. The van der Waals surface area contributed by atoms with Crippen molar-refractivity contribution in [2.75, 3.05) is 6.61 Å². The van der Waals surface area contributed by atoms with Crippen LogP contribution in [-0.4, -0.2) is 36.7 Å². The molecule has 2 aromatic heterocycles. The molecule has 0 saturated carbocycles. The maximum absolute atomic E-state index is 13.7. The molecule has 0 unspecified atom stereocenters. The molecule has 9 heteroatoms. The van der Waals surface area contributed by atoms with Crippen molar-refractivity contribution >= 4 is 10.9 Å². The first kappa shape index (κ1) is 26.2. The van der Waals surface area contributed by atoms with Crippen LogP contribution in [0.4, 0.5) is 4.39 Å². The summed E-state index contributed by atoms with van der Waals surface area (Å²) in [7, 11) is 0. The molecule has 3 aromatic carbocycles. The normalized spacial score (nSPS) is 12.2. The van der Waals surface area contributed by atoms with Gasteiger partial charge in [0.2, 0.25) is 0 Å². The number of benzene rings is 3. The van der Waals surface area contributed by atoms with Crippen LogP contribution in [0.5, 0.6) is 5.75 Å². The summed E-state index contributed by atoms with van der Waals surface area (Å²) in [5, 5.41) is 13.5. The van der Waals surface area contributed by atoms with Gasteiger partial charge < -0.3 is 9.72 Å². The Labute approximate surface area is 226 Å². The van der Waals surface area contributed by atoms with Crippen LogP contribution >= 0.6 is 0 Å². The van der Waals surface area contributed by atoms with Crippen LogP contribution in [0.15, 0.2) is 83.7 Å². The minimum atomic E-state index is -0.291. The number of aromatic amines is 1. The van der Waals surface area contributed by atoms with Crippen LogP contribution in [0, 0.1) is 5.82 Å². The number of H-pyrrole nitrogens is 1. The van der Waals surface area contributed by atoms with Crippen LogP contribution in [0.25, 0.3) is 10.9 Å². The Bertz CT molecular complexity index is 1580. The predicted octanol–water partition coefficient (Wildman–Crippen LogP) is 5.25. The van der Waals surface area contributed by atoms with E-state index < -0.39 is 0 Å². The number of hydrogen-bond donors (Lipinski definition) is 1. The molecule has 8 nitrogen and oxygen atoms in total. The molecule has 39 heavy (non-hydrogen) atoms. The summed E-state index contributed by atoms with van der Waals surface area (Å²) in [6, 6.07) is 23.8. The minimum Gasteiger partial charge on any atom is -0.494 e. The van der Waals surface area contributed by atoms with E-state index in [0.29, 0.717) is 44.0 Å². The second kappa shape index (κ2) is 12.0. The van der Waals surface area contributed by atoms with E-state index in [1.807, 2.05) is 61.5 Å². The molecule has 0 radical (unpaired) electrons. The van der Waals surface area contributed by atoms with E-state index in [1.54, 1.807) is 16.8 Å². The first-order chi connectivity index (χ1) is 19.0. The Kier molecular flexibility index (Phi) is 8.07. The van der Waals surface area contributed by atoms with Crippen molar-refractivity contribution < 1.29 is 9.13 Å². The molecule has 0 saturated heterocycles. The lowest BCUT2D eigenvalue weighted by Crippen LogP contribution is -2.32. The third kappa shape index (κ3) is 6.21. The van der Waals surface area contributed by atoms with Gasteiger partial charge in [-0.1, -0.05) is 49.4 Å². The third-order valence-electron chi connectivity index (χ3n) is 6.74. The largest absolute Gasteiger partial charge is 0.494 e. The second-order valence-corrected chi connectivity index (χ2v) is 9.44. The summed E-state index contributed by atoms with van der Waals surface area (Å²) in [5.74, 6) is 1.16. The van der Waals surface area contributed by atoms with Crippen molar-refractivity contribution in [3.63, 3.8) is 0 Å². The number of pyridine rings is 1. The Morgan fingerprint density at radius 2 is 1.77 bits per heavy atom. The van der Waals surface area contributed by atoms with Crippen molar-refractivity contribution in [2.24, 2.45) is 0 Å². The minimum absolute atomic E-state index is 0.158. The molecule has 5 aromatic rings. The van der Waals surface area contributed by atoms with Gasteiger partial charge in [0.05, 0.1) is 19.2 Å². The molecule has 1 atom stereocenters. The lowest BCUT2D eigenvalue weighted by Gasteiger charge is -2.30. The highest BCUT2D eigenvalue weighted by Crippen LogP contribution is 2.27. The monoisotopic (exact) mass is 526 g/mol. The fourth-order valence-corrected chi connectivity index (χ4v) is 4.85. The van der Waals surface area contributed by atoms with Gasteiger partial charge in [-0.3, -0.25) is 9.69 Å². The fourth-order valence-electron chi connectivity index (χ4n) is 4.85. The van der Waals surface area contributed by atoms with Crippen molar-refractivity contribution in [3.05, 3.63) is 118 Å². The van der Waals surface area contributed by atoms with Crippen molar-refractivity contribution in [1.29, 1.82) is 0 Å². The van der Waals surface area contributed by atoms with E-state index in [1.165, 1.54) is 12.1 Å². The zero-order valence-corrected chi connectivity index (χ0v) is 22.0. The summed E-state index contributed by atoms with van der Waals surface area (Å²) in [6.07, 6.45) is 0.705. The molecular formula is C30H31FN6O2. The van der Waals surface area contributed by atoms with Gasteiger partial charge in [0.25, 0.3) is 5.56 Å². The number of aromatic nitrogens is 5. The summed E-state index contributed by atoms with van der Waals surface area (Å²) in [5.41, 5.74) is 3.21. The van der Waals surface area contributed by atoms with Gasteiger partial charge in [-0.05, 0) is 71.3 Å². The molecule has 0 fully saturated rings. The number of nitrogens with one attached hydrogen (secondary N) is 1. The molecule has 0 bridgehead atoms. The highest BCUT2D eigenvalue weighted by Gasteiger charge is 2.26. The van der Waals surface area contributed by atoms with Gasteiger partial charge in [0.1, 0.15) is 11.6 Å². The number of ether oxygens (including phenoxy) is 1. The molecule has 0 aliphatic carbocycles. The van der Waals surface area contributed by atoms with Gasteiger partial charge in [0, 0.05) is 29.6 Å². The number of nitrogens with zero attached hydrogens (tertiary/aromatic N) is 5. The molecule has 0 aliphatic rings. The summed E-state index contributed by atoms with van der Waals surface area (Å²) in [4.78, 5) is 18.4. The SMILES string of the molecule is CCOc1ccc2[nH]c(=O)c(CN(Cc3ccc(F)cc3)[C@H](CC)c3nnnn3Cc3ccccc3)cc2c1. The molecular weight excluding hydrogens is 495 g/mol. The Balaban J connectivity index is 1.52. The van der Waals surface area contributed by atoms with Crippen LogP contribution in [0.2, 0.25) is 0 Å². The van der Waals surface area contributed by atoms with Gasteiger partial charge in [-0.25, -0.2) is 9.07 Å². The van der Waals surface area contributed by atoms with Crippen LogP contribution in [0.3, 0.4) is 0 Å². The lowest BCUT2D eigenvalue weighted by molar-refractivity contribution is 0.161. The van der Waals surface area contributed by atoms with E-state index >= 15 is 0 Å². The van der Waals surface area contributed by atoms with Gasteiger partial charge in [-0.15, -0.1) is 5.10 Å². The Morgan fingerprint density at radius 3 is 2.51 bits per heavy atom. The van der Waals surface area contributed by atoms with Crippen molar-refractivity contribution in [2.45, 2.75) is 45.9 Å². The average molecular weight is 527 g/mol. The maximum atomic E-state index is 13.7. The standard InChI is InChI=1S/C30H31FN6O2/c1-3-28(29-33-34-35-37(29)19-21-8-6-5-7-9-21)36(18-22-10-12-25(31)13-11-22)20-24-16-23-17-26(39-4-2)14-15-27(23)32-30(24)38/h5-17,28H,3-4,18-20H2,1-2H3,(H,32,38)/t28-/m1/s1. The summed E-state index contributed by atoms with van der Waals surface area (Å²) >= 11 is 0. The van der Waals surface area contributed by atoms with Crippen LogP contribution in [-0.2, 0) is 19.6 Å². The van der Waals surface area contributed by atoms with Gasteiger partial charge in [-0.2, -0.15) is 0 Å². The molecule has 2 heterocycles. The lowest BCUT2D eigenvalue weighted by atomic mass is 10.1. The summed E-state index contributed by atoms with van der Waals surface area (Å²) < 4.78 is 21.1. The van der Waals surface area contributed by atoms with E-state index in [2.05, 4.69) is 32.3 Å². The molecule has 0 amide bonds. The topological polar surface area (TPSA) is 88.9 Å². The number of hydrogen-bond acceptors (Lipinski definition) is 6. The number of rotatable bonds is 11. The Hall–Kier alpha value is -4.37. The van der Waals surface area contributed by atoms with E-state index in [9.17, 15) is 9.18 Å². The molecule has 1 N–H and O–H groups in total. The fraction of sp³-hybridized carbons (Fsp3) is 0.267. The zero-order valence-electron chi connectivity index (χ0n) is 22.0. The smallest absolute Gasteiger partial charge is 0.252 e. The summed E-state index contributed by atoms with van der Waals surface area (Å²) in [6.45, 7) is 5.92. The molecule has 0 spiro atoms. The second-order valence-electron chi connectivity index (χ2n) is 9.44. The van der Waals surface area contributed by atoms with Crippen LogP contribution in [0.1, 0.15) is 48.8 Å². The van der Waals surface area contributed by atoms with E-state index in [0.717, 1.165) is 27.8 Å². The maximum Gasteiger partial charge on any atom is 0.252 e. The first-order valence-electron chi connectivity index (χ1n) is 13.1. The highest BCUT2D eigenvalue weighted by molar-refractivity contribution is 5.80. The van der Waals surface area contributed by atoms with Crippen molar-refractivity contribution in [3.8, 4) is 5.75 Å². The average Bonchev–Trinajstić information content (AvgIpc) is 3.39. The molecule has 5 rings (SSSR count). The Morgan fingerprint density at radius 1 is 0.974 bits per heavy atom.